The van der Waals surface area contributed by atoms with Crippen molar-refractivity contribution < 1.29 is 32.4 Å². The SMILES string of the molecule is O=C(NCc1c(F)cc(F)cc1F)C1=CN2C(=CC1)C(=O)N1CC2C2(CC=NO2)CCC1=O. The van der Waals surface area contributed by atoms with Crippen LogP contribution in [0.2, 0.25) is 0 Å². The Bertz CT molecular complexity index is 1130. The Balaban J connectivity index is 1.40. The van der Waals surface area contributed by atoms with Crippen molar-refractivity contribution in [2.45, 2.75) is 43.9 Å². The third kappa shape index (κ3) is 3.47. The summed E-state index contributed by atoms with van der Waals surface area (Å²) in [6, 6.07) is 0.632. The minimum Gasteiger partial charge on any atom is -0.387 e. The molecule has 4 aliphatic rings. The number of halogens is 3. The van der Waals surface area contributed by atoms with Gasteiger partial charge < -0.3 is 15.1 Å². The highest BCUT2D eigenvalue weighted by atomic mass is 19.1. The van der Waals surface area contributed by atoms with Gasteiger partial charge in [-0.2, -0.15) is 0 Å². The van der Waals surface area contributed by atoms with Crippen LogP contribution in [0.1, 0.15) is 31.2 Å². The van der Waals surface area contributed by atoms with Gasteiger partial charge in [-0.1, -0.05) is 11.2 Å². The highest BCUT2D eigenvalue weighted by molar-refractivity contribution is 6.06. The Morgan fingerprint density at radius 2 is 2.00 bits per heavy atom. The van der Waals surface area contributed by atoms with E-state index in [1.807, 2.05) is 0 Å². The fourth-order valence-electron chi connectivity index (χ4n) is 4.69. The zero-order valence-corrected chi connectivity index (χ0v) is 17.3. The second-order valence-electron chi connectivity index (χ2n) is 8.36. The molecule has 4 aliphatic heterocycles. The van der Waals surface area contributed by atoms with E-state index < -0.39 is 53.0 Å². The van der Waals surface area contributed by atoms with Crippen molar-refractivity contribution in [2.24, 2.45) is 5.16 Å². The molecule has 2 unspecified atom stereocenters. The number of piperazine rings is 1. The van der Waals surface area contributed by atoms with Crippen LogP contribution < -0.4 is 5.32 Å². The Morgan fingerprint density at radius 3 is 2.70 bits per heavy atom. The number of oxime groups is 1. The molecule has 0 saturated carbocycles. The van der Waals surface area contributed by atoms with E-state index in [0.717, 1.165) is 0 Å². The molecule has 2 fully saturated rings. The lowest BCUT2D eigenvalue weighted by Crippen LogP contribution is -2.61. The summed E-state index contributed by atoms with van der Waals surface area (Å²) in [5.74, 6) is -4.57. The number of rotatable bonds is 3. The van der Waals surface area contributed by atoms with E-state index in [4.69, 9.17) is 4.84 Å². The summed E-state index contributed by atoms with van der Waals surface area (Å²) < 4.78 is 40.9. The number of hydrogen-bond donors (Lipinski definition) is 1. The average Bonchev–Trinajstić information content (AvgIpc) is 3.21. The van der Waals surface area contributed by atoms with Crippen LogP contribution >= 0.6 is 0 Å². The fourth-order valence-corrected chi connectivity index (χ4v) is 4.69. The number of benzene rings is 1. The highest BCUT2D eigenvalue weighted by Gasteiger charge is 2.55. The van der Waals surface area contributed by atoms with E-state index in [0.29, 0.717) is 25.0 Å². The molecular weight excluding hydrogens is 441 g/mol. The van der Waals surface area contributed by atoms with Gasteiger partial charge >= 0.3 is 0 Å². The van der Waals surface area contributed by atoms with Crippen molar-refractivity contribution >= 4 is 23.9 Å². The van der Waals surface area contributed by atoms with Crippen LogP contribution in [0.25, 0.3) is 0 Å². The summed E-state index contributed by atoms with van der Waals surface area (Å²) in [4.78, 5) is 46.7. The van der Waals surface area contributed by atoms with Gasteiger partial charge in [-0.25, -0.2) is 13.2 Å². The van der Waals surface area contributed by atoms with Gasteiger partial charge in [0.2, 0.25) is 11.8 Å². The fraction of sp³-hybridized carbons (Fsp3) is 0.364. The zero-order valence-electron chi connectivity index (χ0n) is 17.3. The lowest BCUT2D eigenvalue weighted by atomic mass is 9.84. The van der Waals surface area contributed by atoms with Crippen molar-refractivity contribution in [3.05, 3.63) is 58.7 Å². The predicted octanol–water partition coefficient (Wildman–Crippen LogP) is 1.87. The standard InChI is InChI=1S/C22H19F3N4O4/c23-13-7-15(24)14(16(25)8-13)9-26-20(31)12-1-2-17-21(32)29-11-18(28(17)10-12)22(4-3-19(29)30)5-6-27-33-22/h2,6-8,10,18H,1,3-5,9,11H2,(H,26,31). The third-order valence-electron chi connectivity index (χ3n) is 6.48. The first-order chi connectivity index (χ1) is 15.8. The summed E-state index contributed by atoms with van der Waals surface area (Å²) in [7, 11) is 0. The van der Waals surface area contributed by atoms with Gasteiger partial charge in [-0.15, -0.1) is 0 Å². The van der Waals surface area contributed by atoms with Crippen LogP contribution in [0, 0.1) is 17.5 Å². The summed E-state index contributed by atoms with van der Waals surface area (Å²) in [5.41, 5.74) is -0.755. The molecule has 172 valence electrons. The minimum absolute atomic E-state index is 0.0803. The molecule has 0 radical (unpaired) electrons. The molecule has 33 heavy (non-hydrogen) atoms. The Hall–Kier alpha value is -3.63. The molecule has 5 rings (SSSR count). The summed E-state index contributed by atoms with van der Waals surface area (Å²) >= 11 is 0. The zero-order chi connectivity index (χ0) is 23.3. The van der Waals surface area contributed by atoms with Crippen molar-refractivity contribution in [3.63, 3.8) is 0 Å². The second kappa shape index (κ2) is 7.75. The van der Waals surface area contributed by atoms with Gasteiger partial charge in [0.15, 0.2) is 5.60 Å². The quantitative estimate of drug-likeness (QED) is 0.696. The van der Waals surface area contributed by atoms with Crippen LogP contribution in [0.4, 0.5) is 13.2 Å². The summed E-state index contributed by atoms with van der Waals surface area (Å²) in [6.07, 6.45) is 5.72. The molecule has 0 aromatic heterocycles. The van der Waals surface area contributed by atoms with Gasteiger partial charge in [-0.3, -0.25) is 19.3 Å². The average molecular weight is 460 g/mol. The topological polar surface area (TPSA) is 91.3 Å². The maximum Gasteiger partial charge on any atom is 0.276 e. The lowest BCUT2D eigenvalue weighted by Gasteiger charge is -2.46. The van der Waals surface area contributed by atoms with E-state index >= 15 is 0 Å². The Kier molecular flexibility index (Phi) is 4.98. The van der Waals surface area contributed by atoms with E-state index in [1.165, 1.54) is 11.1 Å². The monoisotopic (exact) mass is 460 g/mol. The first-order valence-corrected chi connectivity index (χ1v) is 10.4. The Morgan fingerprint density at radius 1 is 1.24 bits per heavy atom. The summed E-state index contributed by atoms with van der Waals surface area (Å²) in [6.45, 7) is -0.383. The molecular formula is C22H19F3N4O4. The first-order valence-electron chi connectivity index (χ1n) is 10.4. The van der Waals surface area contributed by atoms with Crippen LogP contribution in [-0.2, 0) is 25.8 Å². The molecule has 2 saturated heterocycles. The molecule has 2 atom stereocenters. The number of carbonyl (C=O) groups is 3. The molecule has 2 bridgehead atoms. The summed E-state index contributed by atoms with van der Waals surface area (Å²) in [5, 5.41) is 6.33. The van der Waals surface area contributed by atoms with Crippen LogP contribution in [-0.4, -0.2) is 51.9 Å². The number of fused-ring (bicyclic) bond motifs is 5. The number of hydrogen-bond acceptors (Lipinski definition) is 6. The highest BCUT2D eigenvalue weighted by Crippen LogP contribution is 2.41. The molecule has 1 N–H and O–H groups in total. The maximum absolute atomic E-state index is 13.9. The van der Waals surface area contributed by atoms with Gasteiger partial charge in [0.25, 0.3) is 5.91 Å². The van der Waals surface area contributed by atoms with Crippen LogP contribution in [0.5, 0.6) is 0 Å². The lowest BCUT2D eigenvalue weighted by molar-refractivity contribution is -0.147. The van der Waals surface area contributed by atoms with Crippen molar-refractivity contribution in [2.75, 3.05) is 6.54 Å². The van der Waals surface area contributed by atoms with E-state index in [1.54, 1.807) is 17.2 Å². The van der Waals surface area contributed by atoms with Crippen LogP contribution in [0.15, 0.2) is 40.8 Å². The predicted molar refractivity (Wildman–Crippen MR) is 107 cm³/mol. The Labute approximate surface area is 186 Å². The molecule has 8 nitrogen and oxygen atoms in total. The minimum atomic E-state index is -1.10. The number of amides is 3. The molecule has 11 heteroatoms. The van der Waals surface area contributed by atoms with Crippen molar-refractivity contribution in [3.8, 4) is 0 Å². The number of allylic oxidation sites excluding steroid dienone is 1. The van der Waals surface area contributed by atoms with E-state index in [2.05, 4.69) is 10.5 Å². The van der Waals surface area contributed by atoms with E-state index in [-0.39, 0.29) is 36.6 Å². The molecule has 1 aromatic carbocycles. The van der Waals surface area contributed by atoms with Gasteiger partial charge in [0.05, 0.1) is 12.6 Å². The molecule has 3 amide bonds. The largest absolute Gasteiger partial charge is 0.387 e. The number of nitrogens with one attached hydrogen (secondary N) is 1. The second-order valence-corrected chi connectivity index (χ2v) is 8.36. The molecule has 4 heterocycles. The molecule has 0 aliphatic carbocycles. The van der Waals surface area contributed by atoms with Gasteiger partial charge in [0.1, 0.15) is 23.1 Å². The van der Waals surface area contributed by atoms with Crippen molar-refractivity contribution in [1.82, 2.24) is 15.1 Å². The molecule has 1 spiro atoms. The van der Waals surface area contributed by atoms with Gasteiger partial charge in [0, 0.05) is 61.5 Å². The smallest absolute Gasteiger partial charge is 0.276 e. The number of nitrogens with zero attached hydrogens (tertiary/aromatic N) is 3. The van der Waals surface area contributed by atoms with Crippen LogP contribution in [0.3, 0.4) is 0 Å². The van der Waals surface area contributed by atoms with Gasteiger partial charge in [-0.05, 0) is 6.42 Å². The molecule has 1 aromatic rings. The van der Waals surface area contributed by atoms with E-state index in [9.17, 15) is 27.6 Å². The number of imide groups is 1. The first kappa shape index (κ1) is 21.2. The van der Waals surface area contributed by atoms with Crippen molar-refractivity contribution in [1.29, 1.82) is 0 Å². The maximum atomic E-state index is 13.9. The third-order valence-corrected chi connectivity index (χ3v) is 6.48. The number of carbonyl (C=O) groups excluding carboxylic acids is 3. The normalized spacial score (nSPS) is 26.0.